The lowest BCUT2D eigenvalue weighted by Crippen LogP contribution is -2.34. The molecule has 0 saturated heterocycles. The molecule has 0 aromatic carbocycles. The first-order valence-corrected chi connectivity index (χ1v) is 5.58. The number of nitrogens with zero attached hydrogens (tertiary/aromatic N) is 2. The highest BCUT2D eigenvalue weighted by Gasteiger charge is 2.12. The molecule has 1 unspecified atom stereocenters. The highest BCUT2D eigenvalue weighted by atomic mass is 32.2. The van der Waals surface area contributed by atoms with Gasteiger partial charge in [-0.05, 0) is 0 Å². The minimum atomic E-state index is -1.11. The first-order valence-electron chi connectivity index (χ1n) is 4.60. The van der Waals surface area contributed by atoms with Gasteiger partial charge < -0.3 is 10.2 Å². The number of hydrogen-bond acceptors (Lipinski definition) is 6. The summed E-state index contributed by atoms with van der Waals surface area (Å²) in [5, 5.41) is 20.2. The molecule has 0 fully saturated rings. The van der Waals surface area contributed by atoms with Gasteiger partial charge in [0.25, 0.3) is 0 Å². The molecule has 9 heteroatoms. The third-order valence-corrected chi connectivity index (χ3v) is 2.94. The zero-order valence-corrected chi connectivity index (χ0v) is 9.73. The smallest absolute Gasteiger partial charge is 0.339 e. The van der Waals surface area contributed by atoms with Crippen molar-refractivity contribution in [3.63, 3.8) is 0 Å². The van der Waals surface area contributed by atoms with Crippen LogP contribution in [0.25, 0.3) is 0 Å². The number of hydrogen-bond donors (Lipinski definition) is 3. The molecule has 3 N–H and O–H groups in total. The molecule has 0 amide bonds. The Morgan fingerprint density at radius 3 is 2.82 bits per heavy atom. The number of aryl methyl sites for hydroxylation is 1. The number of thioether (sulfide) groups is 1. The maximum absolute atomic E-state index is 11.0. The molecule has 0 saturated carbocycles. The highest BCUT2D eigenvalue weighted by molar-refractivity contribution is 7.99. The normalized spacial score (nSPS) is 12.4. The van der Waals surface area contributed by atoms with Gasteiger partial charge in [-0.2, -0.15) is 4.98 Å². The van der Waals surface area contributed by atoms with E-state index in [1.54, 1.807) is 0 Å². The lowest BCUT2D eigenvalue weighted by molar-refractivity contribution is -0.138. The molecule has 1 aromatic heterocycles. The fourth-order valence-corrected chi connectivity index (χ4v) is 1.87. The molecule has 0 aliphatic heterocycles. The quantitative estimate of drug-likeness (QED) is 0.430. The fourth-order valence-electron chi connectivity index (χ4n) is 1.02. The topological polar surface area (TPSA) is 125 Å². The van der Waals surface area contributed by atoms with Crippen molar-refractivity contribution in [1.29, 1.82) is 0 Å². The Labute approximate surface area is 99.3 Å². The van der Waals surface area contributed by atoms with Gasteiger partial charge >= 0.3 is 17.1 Å². The first kappa shape index (κ1) is 13.5. The van der Waals surface area contributed by atoms with E-state index < -0.39 is 23.2 Å². The van der Waals surface area contributed by atoms with Gasteiger partial charge in [-0.1, -0.05) is 11.8 Å². The summed E-state index contributed by atoms with van der Waals surface area (Å²) in [6, 6.07) is 0. The number of aliphatic hydroxyl groups excluding tert-OH is 1. The van der Waals surface area contributed by atoms with Crippen LogP contribution in [0.4, 0.5) is 0 Å². The van der Waals surface area contributed by atoms with Crippen LogP contribution in [0.15, 0.2) is 14.7 Å². The second-order valence-electron chi connectivity index (χ2n) is 3.26. The van der Waals surface area contributed by atoms with Crippen LogP contribution in [-0.4, -0.2) is 42.8 Å². The van der Waals surface area contributed by atoms with Crippen molar-refractivity contribution in [1.82, 2.24) is 14.8 Å². The molecule has 1 rings (SSSR count). The van der Waals surface area contributed by atoms with Crippen LogP contribution < -0.4 is 11.1 Å². The molecule has 1 atom stereocenters. The van der Waals surface area contributed by atoms with Crippen molar-refractivity contribution in [3.8, 4) is 0 Å². The van der Waals surface area contributed by atoms with Crippen molar-refractivity contribution in [2.24, 2.45) is 7.05 Å². The van der Waals surface area contributed by atoms with Crippen molar-refractivity contribution in [3.05, 3.63) is 20.7 Å². The van der Waals surface area contributed by atoms with Gasteiger partial charge in [-0.3, -0.25) is 24.2 Å². The zero-order chi connectivity index (χ0) is 13.0. The standard InChI is InChI=1S/C8H11N3O5S/c1-11-8(9-6(15)7(16)10-11)17-3-4(12)2-5(13)14/h4,12H,2-3H2,1H3,(H,10,16)(H,13,14). The van der Waals surface area contributed by atoms with Crippen molar-refractivity contribution < 1.29 is 15.0 Å². The van der Waals surface area contributed by atoms with Gasteiger partial charge in [0.2, 0.25) is 0 Å². The monoisotopic (exact) mass is 261 g/mol. The number of aromatic amines is 1. The Kier molecular flexibility index (Phi) is 4.46. The second kappa shape index (κ2) is 5.64. The van der Waals surface area contributed by atoms with Gasteiger partial charge in [0.05, 0.1) is 12.5 Å². The summed E-state index contributed by atoms with van der Waals surface area (Å²) >= 11 is 0.988. The number of aliphatic hydroxyl groups is 1. The molecular weight excluding hydrogens is 250 g/mol. The highest BCUT2D eigenvalue weighted by Crippen LogP contribution is 2.13. The maximum Gasteiger partial charge on any atom is 0.339 e. The number of carboxylic acid groups (broad SMARTS) is 1. The Morgan fingerprint density at radius 1 is 1.59 bits per heavy atom. The molecule has 1 heterocycles. The summed E-state index contributed by atoms with van der Waals surface area (Å²) in [5.41, 5.74) is -1.75. The van der Waals surface area contributed by atoms with E-state index in [2.05, 4.69) is 10.1 Å². The lowest BCUT2D eigenvalue weighted by Gasteiger charge is -2.08. The largest absolute Gasteiger partial charge is 0.481 e. The van der Waals surface area contributed by atoms with Crippen LogP contribution in [0.5, 0.6) is 0 Å². The molecule has 8 nitrogen and oxygen atoms in total. The SMILES string of the molecule is Cn1[nH]c(=O)c(=O)nc1SCC(O)CC(=O)O. The molecular formula is C8H11N3O5S. The van der Waals surface area contributed by atoms with Crippen molar-refractivity contribution in [2.45, 2.75) is 17.7 Å². The van der Waals surface area contributed by atoms with Gasteiger partial charge in [0.15, 0.2) is 5.16 Å². The van der Waals surface area contributed by atoms with Crippen LogP contribution in [0.1, 0.15) is 6.42 Å². The van der Waals surface area contributed by atoms with E-state index in [1.165, 1.54) is 11.7 Å². The van der Waals surface area contributed by atoms with Gasteiger partial charge in [0, 0.05) is 12.8 Å². The number of carbonyl (C=O) groups is 1. The molecule has 94 valence electrons. The fraction of sp³-hybridized carbons (Fsp3) is 0.500. The number of nitrogens with one attached hydrogen (secondary N) is 1. The Morgan fingerprint density at radius 2 is 2.24 bits per heavy atom. The summed E-state index contributed by atoms with van der Waals surface area (Å²) in [6.07, 6.45) is -1.43. The maximum atomic E-state index is 11.0. The Bertz CT molecular complexity index is 523. The summed E-state index contributed by atoms with van der Waals surface area (Å²) in [4.78, 5) is 35.7. The Hall–Kier alpha value is -1.61. The van der Waals surface area contributed by atoms with Crippen LogP contribution in [-0.2, 0) is 11.8 Å². The van der Waals surface area contributed by atoms with E-state index in [1.807, 2.05) is 0 Å². The van der Waals surface area contributed by atoms with E-state index in [4.69, 9.17) is 5.11 Å². The van der Waals surface area contributed by atoms with Crippen LogP contribution in [0, 0.1) is 0 Å². The molecule has 0 aliphatic rings. The third kappa shape index (κ3) is 4.04. The van der Waals surface area contributed by atoms with E-state index in [0.29, 0.717) is 0 Å². The summed E-state index contributed by atoms with van der Waals surface area (Å²) in [6.45, 7) is 0. The van der Waals surface area contributed by atoms with E-state index in [9.17, 15) is 19.5 Å². The van der Waals surface area contributed by atoms with Crippen LogP contribution in [0.2, 0.25) is 0 Å². The summed E-state index contributed by atoms with van der Waals surface area (Å²) in [7, 11) is 1.49. The lowest BCUT2D eigenvalue weighted by atomic mass is 10.3. The third-order valence-electron chi connectivity index (χ3n) is 1.76. The predicted molar refractivity (Wildman–Crippen MR) is 59.1 cm³/mol. The van der Waals surface area contributed by atoms with Crippen LogP contribution in [0.3, 0.4) is 0 Å². The predicted octanol–water partition coefficient (Wildman–Crippen LogP) is -1.60. The molecule has 0 bridgehead atoms. The molecule has 1 aromatic rings. The average Bonchev–Trinajstić information content (AvgIpc) is 2.20. The molecule has 0 radical (unpaired) electrons. The number of carboxylic acids is 1. The van der Waals surface area contributed by atoms with Crippen LogP contribution >= 0.6 is 11.8 Å². The van der Waals surface area contributed by atoms with Gasteiger partial charge in [-0.15, -0.1) is 0 Å². The minimum absolute atomic E-state index is 0.0681. The molecule has 0 spiro atoms. The number of aliphatic carboxylic acids is 1. The average molecular weight is 261 g/mol. The second-order valence-corrected chi connectivity index (χ2v) is 4.25. The minimum Gasteiger partial charge on any atom is -0.481 e. The van der Waals surface area contributed by atoms with Gasteiger partial charge in [0.1, 0.15) is 0 Å². The zero-order valence-electron chi connectivity index (χ0n) is 8.91. The number of H-pyrrole nitrogens is 1. The van der Waals surface area contributed by atoms with Crippen molar-refractivity contribution in [2.75, 3.05) is 5.75 Å². The Balaban J connectivity index is 2.70. The van der Waals surface area contributed by atoms with E-state index in [-0.39, 0.29) is 17.3 Å². The van der Waals surface area contributed by atoms with E-state index >= 15 is 0 Å². The number of aromatic nitrogens is 3. The molecule has 17 heavy (non-hydrogen) atoms. The summed E-state index contributed by atoms with van der Waals surface area (Å²) < 4.78 is 1.24. The van der Waals surface area contributed by atoms with Crippen molar-refractivity contribution >= 4 is 17.7 Å². The molecule has 0 aliphatic carbocycles. The summed E-state index contributed by atoms with van der Waals surface area (Å²) in [5.74, 6) is -1.04. The van der Waals surface area contributed by atoms with E-state index in [0.717, 1.165) is 11.8 Å². The number of rotatable bonds is 5. The van der Waals surface area contributed by atoms with Gasteiger partial charge in [-0.25, -0.2) is 0 Å². The first-order chi connectivity index (χ1) is 7.90.